The van der Waals surface area contributed by atoms with Gasteiger partial charge >= 0.3 is 0 Å². The second kappa shape index (κ2) is 10.7. The summed E-state index contributed by atoms with van der Waals surface area (Å²) in [6.45, 7) is 0. The normalized spacial score (nSPS) is 11.2. The van der Waals surface area contributed by atoms with E-state index >= 15 is 0 Å². The molecule has 9 nitrogen and oxygen atoms in total. The lowest BCUT2D eigenvalue weighted by Gasteiger charge is -2.16. The zero-order chi connectivity index (χ0) is 24.1. The zero-order valence-corrected chi connectivity index (χ0v) is 19.9. The Bertz CT molecular complexity index is 1230. The summed E-state index contributed by atoms with van der Waals surface area (Å²) in [6.07, 6.45) is 1.44. The summed E-state index contributed by atoms with van der Waals surface area (Å²) in [5.41, 5.74) is 6.15. The molecule has 3 rings (SSSR count). The van der Waals surface area contributed by atoms with Crippen molar-refractivity contribution in [2.75, 3.05) is 17.7 Å². The molecule has 3 aromatic rings. The number of anilines is 2. The Balaban J connectivity index is 1.93. The Morgan fingerprint density at radius 2 is 1.94 bits per heavy atom. The third-order valence-electron chi connectivity index (χ3n) is 4.27. The molecule has 0 fully saturated rings. The highest BCUT2D eigenvalue weighted by Crippen LogP contribution is 2.37. The number of amidine groups is 1. The fourth-order valence-corrected chi connectivity index (χ4v) is 4.36. The lowest BCUT2D eigenvalue weighted by Crippen LogP contribution is -2.19. The number of hydrogen-bond acceptors (Lipinski definition) is 7. The van der Waals surface area contributed by atoms with Crippen LogP contribution in [0.5, 0.6) is 5.75 Å². The minimum absolute atomic E-state index is 0.0453. The Kier molecular flexibility index (Phi) is 7.98. The number of aromatic nitrogens is 1. The fourth-order valence-electron chi connectivity index (χ4n) is 2.76. The molecule has 0 unspecified atom stereocenters. The summed E-state index contributed by atoms with van der Waals surface area (Å²) in [4.78, 5) is 30.1. The van der Waals surface area contributed by atoms with E-state index in [0.29, 0.717) is 10.6 Å². The minimum atomic E-state index is -0.602. The van der Waals surface area contributed by atoms with Gasteiger partial charge in [-0.15, -0.1) is 11.3 Å². The number of hydrogen-bond donors (Lipinski definition) is 4. The third kappa shape index (κ3) is 5.66. The summed E-state index contributed by atoms with van der Waals surface area (Å²) in [6, 6.07) is 6.00. The molecule has 0 aliphatic rings. The van der Waals surface area contributed by atoms with E-state index in [0.717, 1.165) is 11.3 Å². The molecule has 0 aliphatic heterocycles. The van der Waals surface area contributed by atoms with Gasteiger partial charge in [-0.05, 0) is 35.2 Å². The van der Waals surface area contributed by atoms with Crippen molar-refractivity contribution in [1.29, 1.82) is 0 Å². The van der Waals surface area contributed by atoms with Crippen LogP contribution < -0.4 is 21.1 Å². The van der Waals surface area contributed by atoms with Gasteiger partial charge in [-0.3, -0.25) is 9.59 Å². The molecule has 0 radical (unpaired) electrons. The first-order valence-corrected chi connectivity index (χ1v) is 11.1. The van der Waals surface area contributed by atoms with Crippen molar-refractivity contribution in [1.82, 2.24) is 4.98 Å². The molecule has 0 atom stereocenters. The van der Waals surface area contributed by atoms with Crippen molar-refractivity contribution >= 4 is 75.3 Å². The maximum absolute atomic E-state index is 13.0. The van der Waals surface area contributed by atoms with Gasteiger partial charge in [0.25, 0.3) is 11.8 Å². The summed E-state index contributed by atoms with van der Waals surface area (Å²) in [5, 5.41) is 19.3. The van der Waals surface area contributed by atoms with Crippen molar-refractivity contribution in [2.24, 2.45) is 10.9 Å². The number of rotatable bonds is 7. The molecule has 0 spiro atoms. The number of oxime groups is 1. The first-order chi connectivity index (χ1) is 15.7. The Labute approximate surface area is 207 Å². The van der Waals surface area contributed by atoms with E-state index in [4.69, 9.17) is 50.5 Å². The van der Waals surface area contributed by atoms with E-state index in [9.17, 15) is 9.59 Å². The van der Waals surface area contributed by atoms with Crippen molar-refractivity contribution in [3.63, 3.8) is 0 Å². The van der Waals surface area contributed by atoms with Gasteiger partial charge < -0.3 is 26.3 Å². The number of pyridine rings is 1. The number of nitrogens with two attached hydrogens (primary N) is 1. The van der Waals surface area contributed by atoms with Crippen LogP contribution in [0.1, 0.15) is 25.6 Å². The predicted molar refractivity (Wildman–Crippen MR) is 130 cm³/mol. The molecular formula is C20H16Cl3N5O4S. The fraction of sp³-hybridized carbons (Fsp3) is 0.100. The van der Waals surface area contributed by atoms with Crippen LogP contribution in [0.15, 0.2) is 41.0 Å². The van der Waals surface area contributed by atoms with Crippen molar-refractivity contribution < 1.29 is 19.5 Å². The number of benzene rings is 1. The molecule has 0 bridgehead atoms. The minimum Gasteiger partial charge on any atom is -0.493 e. The first-order valence-electron chi connectivity index (χ1n) is 9.08. The molecule has 33 heavy (non-hydrogen) atoms. The maximum Gasteiger partial charge on any atom is 0.267 e. The number of nitrogens with zero attached hydrogens (tertiary/aromatic N) is 2. The van der Waals surface area contributed by atoms with Crippen LogP contribution in [-0.4, -0.2) is 35.0 Å². The number of carbonyl (C=O) groups excluding carboxylic acids is 2. The van der Waals surface area contributed by atoms with Crippen LogP contribution in [0.3, 0.4) is 0 Å². The summed E-state index contributed by atoms with van der Waals surface area (Å²) >= 11 is 19.4. The van der Waals surface area contributed by atoms with Gasteiger partial charge in [0.1, 0.15) is 16.5 Å². The maximum atomic E-state index is 13.0. The van der Waals surface area contributed by atoms with Crippen molar-refractivity contribution in [3.8, 4) is 5.75 Å². The molecular weight excluding hydrogens is 513 g/mol. The molecule has 1 aromatic carbocycles. The van der Waals surface area contributed by atoms with Gasteiger partial charge in [-0.2, -0.15) is 0 Å². The molecule has 5 N–H and O–H groups in total. The van der Waals surface area contributed by atoms with Gasteiger partial charge in [-0.25, -0.2) is 4.98 Å². The second-order valence-corrected chi connectivity index (χ2v) is 8.55. The third-order valence-corrected chi connectivity index (χ3v) is 6.37. The van der Waals surface area contributed by atoms with Crippen LogP contribution in [-0.2, 0) is 6.42 Å². The standard InChI is InChI=1S/C20H16Cl3N5O4S/c1-32-17-12(22)4-3-11(19(29)26-14-5-2-10(21)7-25-14)16(17)27-20(30)18-15(23)9(8-33-18)6-13(24)28-31/h2-5,7-8,31H,6H2,1H3,(H2,24,28)(H,27,30)(H,25,26,29). The van der Waals surface area contributed by atoms with E-state index < -0.39 is 11.8 Å². The van der Waals surface area contributed by atoms with Crippen LogP contribution in [0.25, 0.3) is 0 Å². The lowest BCUT2D eigenvalue weighted by molar-refractivity contribution is 0.102. The summed E-state index contributed by atoms with van der Waals surface area (Å²) in [5.74, 6) is -0.890. The average molecular weight is 529 g/mol. The van der Waals surface area contributed by atoms with Crippen LogP contribution >= 0.6 is 46.1 Å². The lowest BCUT2D eigenvalue weighted by atomic mass is 10.1. The van der Waals surface area contributed by atoms with Crippen LogP contribution in [0.4, 0.5) is 11.5 Å². The largest absolute Gasteiger partial charge is 0.493 e. The number of ether oxygens (including phenoxy) is 1. The summed E-state index contributed by atoms with van der Waals surface area (Å²) < 4.78 is 5.32. The van der Waals surface area contributed by atoms with E-state index in [2.05, 4.69) is 20.8 Å². The van der Waals surface area contributed by atoms with Gasteiger partial charge in [-0.1, -0.05) is 40.0 Å². The smallest absolute Gasteiger partial charge is 0.267 e. The molecule has 172 valence electrons. The SMILES string of the molecule is COc1c(Cl)ccc(C(=O)Nc2ccc(Cl)cn2)c1NC(=O)c1scc(CC(N)=NO)c1Cl. The summed E-state index contributed by atoms with van der Waals surface area (Å²) in [7, 11) is 1.35. The molecule has 13 heteroatoms. The first kappa shape index (κ1) is 24.6. The zero-order valence-electron chi connectivity index (χ0n) is 16.9. The van der Waals surface area contributed by atoms with E-state index in [-0.39, 0.29) is 50.0 Å². The van der Waals surface area contributed by atoms with Crippen molar-refractivity contribution in [2.45, 2.75) is 6.42 Å². The number of thiophene rings is 1. The molecule has 0 saturated carbocycles. The Hall–Kier alpha value is -3.05. The number of nitrogens with one attached hydrogen (secondary N) is 2. The molecule has 2 aromatic heterocycles. The van der Waals surface area contributed by atoms with E-state index in [1.54, 1.807) is 11.4 Å². The molecule has 0 aliphatic carbocycles. The molecule has 2 heterocycles. The van der Waals surface area contributed by atoms with Gasteiger partial charge in [0.05, 0.1) is 33.4 Å². The average Bonchev–Trinajstić information content (AvgIpc) is 3.15. The van der Waals surface area contributed by atoms with E-state index in [1.165, 1.54) is 31.5 Å². The quantitative estimate of drug-likeness (QED) is 0.149. The van der Waals surface area contributed by atoms with Gasteiger partial charge in [0.15, 0.2) is 5.75 Å². The van der Waals surface area contributed by atoms with Crippen molar-refractivity contribution in [3.05, 3.63) is 66.9 Å². The topological polar surface area (TPSA) is 139 Å². The highest BCUT2D eigenvalue weighted by atomic mass is 35.5. The second-order valence-electron chi connectivity index (χ2n) is 6.45. The number of halogens is 3. The monoisotopic (exact) mass is 527 g/mol. The van der Waals surface area contributed by atoms with E-state index in [1.807, 2.05) is 0 Å². The Morgan fingerprint density at radius 1 is 1.18 bits per heavy atom. The van der Waals surface area contributed by atoms with Gasteiger partial charge in [0.2, 0.25) is 0 Å². The number of methoxy groups -OCH3 is 1. The van der Waals surface area contributed by atoms with Crippen LogP contribution in [0.2, 0.25) is 15.1 Å². The number of carbonyl (C=O) groups is 2. The Morgan fingerprint density at radius 3 is 2.58 bits per heavy atom. The molecule has 0 saturated heterocycles. The highest BCUT2D eigenvalue weighted by Gasteiger charge is 2.24. The number of amides is 2. The van der Waals surface area contributed by atoms with Gasteiger partial charge in [0, 0.05) is 12.6 Å². The molecule has 2 amide bonds. The highest BCUT2D eigenvalue weighted by molar-refractivity contribution is 7.13. The van der Waals surface area contributed by atoms with Crippen LogP contribution in [0, 0.1) is 0 Å². The predicted octanol–water partition coefficient (Wildman–Crippen LogP) is 4.91.